The van der Waals surface area contributed by atoms with E-state index in [0.717, 1.165) is 0 Å². The molecule has 4 heteroatoms. The van der Waals surface area contributed by atoms with Gasteiger partial charge in [0.25, 0.3) is 0 Å². The number of benzene rings is 2. The highest BCUT2D eigenvalue weighted by Crippen LogP contribution is 2.23. The first-order valence-corrected chi connectivity index (χ1v) is 7.09. The SMILES string of the molecule is CC=CC=CC(=O)Nc1ccc(Oc2cccc(C#N)c2)cc1. The largest absolute Gasteiger partial charge is 0.457 e. The van der Waals surface area contributed by atoms with Gasteiger partial charge in [-0.2, -0.15) is 5.26 Å². The minimum atomic E-state index is -0.196. The maximum atomic E-state index is 11.6. The maximum absolute atomic E-state index is 11.6. The number of nitrogens with zero attached hydrogens (tertiary/aromatic N) is 1. The molecule has 1 amide bonds. The lowest BCUT2D eigenvalue weighted by Crippen LogP contribution is -2.07. The Balaban J connectivity index is 1.99. The second-order valence-corrected chi connectivity index (χ2v) is 4.64. The lowest BCUT2D eigenvalue weighted by atomic mass is 10.2. The van der Waals surface area contributed by atoms with Crippen molar-refractivity contribution in [3.05, 3.63) is 78.4 Å². The van der Waals surface area contributed by atoms with E-state index < -0.39 is 0 Å². The van der Waals surface area contributed by atoms with Crippen LogP contribution in [0.2, 0.25) is 0 Å². The quantitative estimate of drug-likeness (QED) is 0.657. The van der Waals surface area contributed by atoms with Gasteiger partial charge in [0.1, 0.15) is 11.5 Å². The lowest BCUT2D eigenvalue weighted by molar-refractivity contribution is -0.111. The van der Waals surface area contributed by atoms with Gasteiger partial charge in [-0.1, -0.05) is 24.3 Å². The van der Waals surface area contributed by atoms with Gasteiger partial charge in [-0.05, 0) is 49.4 Å². The summed E-state index contributed by atoms with van der Waals surface area (Å²) in [5.74, 6) is 1.02. The van der Waals surface area contributed by atoms with E-state index in [4.69, 9.17) is 10.00 Å². The molecular weight excluding hydrogens is 288 g/mol. The van der Waals surface area contributed by atoms with Crippen LogP contribution in [0, 0.1) is 11.3 Å². The lowest BCUT2D eigenvalue weighted by Gasteiger charge is -2.07. The Morgan fingerprint density at radius 1 is 1.13 bits per heavy atom. The average molecular weight is 304 g/mol. The number of nitrogens with one attached hydrogen (secondary N) is 1. The number of hydrogen-bond donors (Lipinski definition) is 1. The molecule has 0 radical (unpaired) electrons. The third-order valence-electron chi connectivity index (χ3n) is 2.87. The molecule has 0 unspecified atom stereocenters. The number of amides is 1. The second-order valence-electron chi connectivity index (χ2n) is 4.64. The molecule has 0 aliphatic rings. The summed E-state index contributed by atoms with van der Waals surface area (Å²) >= 11 is 0. The Bertz CT molecular complexity index is 769. The first-order valence-electron chi connectivity index (χ1n) is 7.09. The number of hydrogen-bond acceptors (Lipinski definition) is 3. The summed E-state index contributed by atoms with van der Waals surface area (Å²) in [6.07, 6.45) is 6.76. The molecule has 2 aromatic rings. The van der Waals surface area contributed by atoms with Gasteiger partial charge in [0.2, 0.25) is 5.91 Å². The monoisotopic (exact) mass is 304 g/mol. The Labute approximate surface area is 135 Å². The summed E-state index contributed by atoms with van der Waals surface area (Å²) in [5, 5.41) is 11.6. The van der Waals surface area contributed by atoms with Crippen molar-refractivity contribution in [3.8, 4) is 17.6 Å². The van der Waals surface area contributed by atoms with Gasteiger partial charge in [0.15, 0.2) is 0 Å². The number of nitriles is 1. The van der Waals surface area contributed by atoms with Crippen molar-refractivity contribution < 1.29 is 9.53 Å². The van der Waals surface area contributed by atoms with Crippen molar-refractivity contribution in [1.82, 2.24) is 0 Å². The highest BCUT2D eigenvalue weighted by atomic mass is 16.5. The summed E-state index contributed by atoms with van der Waals surface area (Å²) in [7, 11) is 0. The van der Waals surface area contributed by atoms with Gasteiger partial charge in [-0.15, -0.1) is 0 Å². The number of carbonyl (C=O) groups excluding carboxylic acids is 1. The summed E-state index contributed by atoms with van der Waals surface area (Å²) in [6, 6.07) is 16.0. The van der Waals surface area contributed by atoms with Crippen LogP contribution < -0.4 is 10.1 Å². The standard InChI is InChI=1S/C19H16N2O2/c1-2-3-4-8-19(22)21-16-9-11-17(12-10-16)23-18-7-5-6-15(13-18)14-20/h2-13H,1H3,(H,21,22). The Kier molecular flexibility index (Phi) is 5.73. The number of carbonyl (C=O) groups is 1. The molecule has 114 valence electrons. The normalized spacial score (nSPS) is 10.6. The molecular formula is C19H16N2O2. The molecule has 2 rings (SSSR count). The third-order valence-corrected chi connectivity index (χ3v) is 2.87. The number of ether oxygens (including phenoxy) is 1. The Morgan fingerprint density at radius 3 is 2.61 bits per heavy atom. The van der Waals surface area contributed by atoms with Crippen molar-refractivity contribution in [2.45, 2.75) is 6.92 Å². The van der Waals surface area contributed by atoms with Crippen LogP contribution in [0.15, 0.2) is 72.8 Å². The number of anilines is 1. The molecule has 0 aliphatic carbocycles. The summed E-state index contributed by atoms with van der Waals surface area (Å²) in [4.78, 5) is 11.6. The van der Waals surface area contributed by atoms with E-state index in [1.54, 1.807) is 60.7 Å². The van der Waals surface area contributed by atoms with Crippen LogP contribution in [0.3, 0.4) is 0 Å². The van der Waals surface area contributed by atoms with Gasteiger partial charge >= 0.3 is 0 Å². The van der Waals surface area contributed by atoms with Crippen molar-refractivity contribution in [2.24, 2.45) is 0 Å². The topological polar surface area (TPSA) is 62.1 Å². The molecule has 0 fully saturated rings. The van der Waals surface area contributed by atoms with E-state index in [-0.39, 0.29) is 5.91 Å². The average Bonchev–Trinajstić information content (AvgIpc) is 2.57. The van der Waals surface area contributed by atoms with Gasteiger partial charge < -0.3 is 10.1 Å². The molecule has 2 aromatic carbocycles. The summed E-state index contributed by atoms with van der Waals surface area (Å²) in [6.45, 7) is 1.88. The van der Waals surface area contributed by atoms with E-state index in [2.05, 4.69) is 11.4 Å². The predicted octanol–water partition coefficient (Wildman–Crippen LogP) is 4.42. The molecule has 0 spiro atoms. The van der Waals surface area contributed by atoms with Crippen LogP contribution in [0.1, 0.15) is 12.5 Å². The smallest absolute Gasteiger partial charge is 0.248 e. The van der Waals surface area contributed by atoms with Crippen LogP contribution in [-0.4, -0.2) is 5.91 Å². The molecule has 4 nitrogen and oxygen atoms in total. The fourth-order valence-electron chi connectivity index (χ4n) is 1.81. The molecule has 0 bridgehead atoms. The van der Waals surface area contributed by atoms with E-state index in [1.165, 1.54) is 6.08 Å². The molecule has 0 aliphatic heterocycles. The van der Waals surface area contributed by atoms with Crippen molar-refractivity contribution in [1.29, 1.82) is 5.26 Å². The molecule has 0 saturated carbocycles. The van der Waals surface area contributed by atoms with Gasteiger partial charge in [0.05, 0.1) is 11.6 Å². The Hall–Kier alpha value is -3.32. The van der Waals surface area contributed by atoms with Crippen LogP contribution in [-0.2, 0) is 4.79 Å². The fourth-order valence-corrected chi connectivity index (χ4v) is 1.81. The van der Waals surface area contributed by atoms with Crippen molar-refractivity contribution in [2.75, 3.05) is 5.32 Å². The van der Waals surface area contributed by atoms with Crippen LogP contribution in [0.5, 0.6) is 11.5 Å². The predicted molar refractivity (Wildman–Crippen MR) is 90.3 cm³/mol. The molecule has 0 saturated heterocycles. The zero-order chi connectivity index (χ0) is 16.5. The zero-order valence-corrected chi connectivity index (χ0v) is 12.7. The van der Waals surface area contributed by atoms with Crippen LogP contribution in [0.25, 0.3) is 0 Å². The third kappa shape index (κ3) is 5.18. The van der Waals surface area contributed by atoms with Gasteiger partial charge in [-0.3, -0.25) is 4.79 Å². The minimum absolute atomic E-state index is 0.196. The zero-order valence-electron chi connectivity index (χ0n) is 12.7. The Morgan fingerprint density at radius 2 is 1.91 bits per heavy atom. The van der Waals surface area contributed by atoms with Crippen LogP contribution >= 0.6 is 0 Å². The fraction of sp³-hybridized carbons (Fsp3) is 0.0526. The van der Waals surface area contributed by atoms with Crippen molar-refractivity contribution in [3.63, 3.8) is 0 Å². The molecule has 0 aromatic heterocycles. The van der Waals surface area contributed by atoms with Crippen molar-refractivity contribution >= 4 is 11.6 Å². The molecule has 0 atom stereocenters. The van der Waals surface area contributed by atoms with Crippen LogP contribution in [0.4, 0.5) is 5.69 Å². The first kappa shape index (κ1) is 16.1. The minimum Gasteiger partial charge on any atom is -0.457 e. The van der Waals surface area contributed by atoms with E-state index in [1.807, 2.05) is 13.0 Å². The first-order chi connectivity index (χ1) is 11.2. The number of allylic oxidation sites excluding steroid dienone is 3. The van der Waals surface area contributed by atoms with Gasteiger partial charge in [-0.25, -0.2) is 0 Å². The highest BCUT2D eigenvalue weighted by molar-refractivity contribution is 5.99. The highest BCUT2D eigenvalue weighted by Gasteiger charge is 2.01. The molecule has 1 N–H and O–H groups in total. The summed E-state index contributed by atoms with van der Waals surface area (Å²) in [5.41, 5.74) is 1.22. The molecule has 0 heterocycles. The summed E-state index contributed by atoms with van der Waals surface area (Å²) < 4.78 is 5.67. The van der Waals surface area contributed by atoms with E-state index >= 15 is 0 Å². The van der Waals surface area contributed by atoms with E-state index in [9.17, 15) is 4.79 Å². The number of rotatable bonds is 5. The van der Waals surface area contributed by atoms with E-state index in [0.29, 0.717) is 22.7 Å². The molecule has 23 heavy (non-hydrogen) atoms. The van der Waals surface area contributed by atoms with Gasteiger partial charge in [0, 0.05) is 11.8 Å². The second kappa shape index (κ2) is 8.20. The maximum Gasteiger partial charge on any atom is 0.248 e.